The summed E-state index contributed by atoms with van der Waals surface area (Å²) in [5.74, 6) is 0.456. The average Bonchev–Trinajstić information content (AvgIpc) is 2.56. The number of rotatable bonds is 7. The van der Waals surface area contributed by atoms with Gasteiger partial charge < -0.3 is 9.47 Å². The highest BCUT2D eigenvalue weighted by molar-refractivity contribution is 5.89. The Labute approximate surface area is 131 Å². The van der Waals surface area contributed by atoms with E-state index in [1.165, 1.54) is 0 Å². The van der Waals surface area contributed by atoms with E-state index in [1.54, 1.807) is 24.3 Å². The molecule has 2 aromatic carbocycles. The zero-order chi connectivity index (χ0) is 15.8. The summed E-state index contributed by atoms with van der Waals surface area (Å²) in [7, 11) is 0. The average molecular weight is 298 g/mol. The van der Waals surface area contributed by atoms with E-state index in [0.717, 1.165) is 24.2 Å². The Kier molecular flexibility index (Phi) is 6.01. The van der Waals surface area contributed by atoms with E-state index in [9.17, 15) is 4.79 Å². The highest BCUT2D eigenvalue weighted by Gasteiger charge is 2.09. The Morgan fingerprint density at radius 2 is 1.73 bits per heavy atom. The molecule has 1 atom stereocenters. The van der Waals surface area contributed by atoms with Gasteiger partial charge in [-0.2, -0.15) is 0 Å². The van der Waals surface area contributed by atoms with Gasteiger partial charge in [-0.1, -0.05) is 43.7 Å². The molecule has 0 unspecified atom stereocenters. The van der Waals surface area contributed by atoms with Gasteiger partial charge in [0.2, 0.25) is 0 Å². The quantitative estimate of drug-likeness (QED) is 0.545. The van der Waals surface area contributed by atoms with Gasteiger partial charge in [0.1, 0.15) is 11.9 Å². The second kappa shape index (κ2) is 8.23. The molecule has 0 N–H and O–H groups in total. The Balaban J connectivity index is 1.93. The van der Waals surface area contributed by atoms with Crippen molar-refractivity contribution in [3.63, 3.8) is 0 Å². The largest absolute Gasteiger partial charge is 0.486 e. The molecule has 0 bridgehead atoms. The molecule has 22 heavy (non-hydrogen) atoms. The van der Waals surface area contributed by atoms with Crippen LogP contribution in [0.2, 0.25) is 0 Å². The van der Waals surface area contributed by atoms with Crippen molar-refractivity contribution in [2.75, 3.05) is 6.61 Å². The molecule has 0 fully saturated rings. The highest BCUT2D eigenvalue weighted by atomic mass is 16.5. The highest BCUT2D eigenvalue weighted by Crippen LogP contribution is 2.22. The molecule has 0 aliphatic heterocycles. The number of ether oxygens (including phenoxy) is 2. The molecular weight excluding hydrogens is 276 g/mol. The van der Waals surface area contributed by atoms with Gasteiger partial charge in [-0.25, -0.2) is 4.79 Å². The molecule has 0 amide bonds. The number of hydrogen-bond donors (Lipinski definition) is 0. The zero-order valence-electron chi connectivity index (χ0n) is 13.1. The van der Waals surface area contributed by atoms with Gasteiger partial charge in [-0.05, 0) is 43.2 Å². The summed E-state index contributed by atoms with van der Waals surface area (Å²) >= 11 is 0. The monoisotopic (exact) mass is 298 g/mol. The van der Waals surface area contributed by atoms with Crippen LogP contribution in [0, 0.1) is 0 Å². The van der Waals surface area contributed by atoms with E-state index >= 15 is 0 Å². The number of unbranched alkanes of at least 4 members (excludes halogenated alkanes) is 1. The molecule has 0 aliphatic carbocycles. The molecule has 0 radical (unpaired) electrons. The molecule has 3 heteroatoms. The van der Waals surface area contributed by atoms with Crippen LogP contribution in [0.5, 0.6) is 5.75 Å². The number of benzene rings is 2. The molecule has 0 aromatic heterocycles. The lowest BCUT2D eigenvalue weighted by atomic mass is 10.1. The number of hydrogen-bond acceptors (Lipinski definition) is 3. The fourth-order valence-electron chi connectivity index (χ4n) is 2.06. The SMILES string of the molecule is CCCCOC(=O)c1ccc(O[C@H](C)c2ccccc2)cc1. The van der Waals surface area contributed by atoms with Crippen LogP contribution >= 0.6 is 0 Å². The van der Waals surface area contributed by atoms with Crippen molar-refractivity contribution in [3.05, 3.63) is 65.7 Å². The number of carbonyl (C=O) groups is 1. The van der Waals surface area contributed by atoms with Crippen LogP contribution in [0.4, 0.5) is 0 Å². The van der Waals surface area contributed by atoms with Gasteiger partial charge in [-0.3, -0.25) is 0 Å². The Morgan fingerprint density at radius 3 is 2.36 bits per heavy atom. The van der Waals surface area contributed by atoms with E-state index in [0.29, 0.717) is 12.2 Å². The molecule has 2 rings (SSSR count). The minimum atomic E-state index is -0.281. The van der Waals surface area contributed by atoms with Crippen LogP contribution in [0.1, 0.15) is 48.7 Å². The van der Waals surface area contributed by atoms with Crippen molar-refractivity contribution in [1.82, 2.24) is 0 Å². The standard InChI is InChI=1S/C19H22O3/c1-3-4-14-21-19(20)17-10-12-18(13-11-17)22-15(2)16-8-6-5-7-9-16/h5-13,15H,3-4,14H2,1-2H3/t15-/m1/s1. The summed E-state index contributed by atoms with van der Waals surface area (Å²) < 4.78 is 11.1. The molecule has 0 saturated heterocycles. The van der Waals surface area contributed by atoms with Crippen molar-refractivity contribution in [2.45, 2.75) is 32.8 Å². The Hall–Kier alpha value is -2.29. The predicted molar refractivity (Wildman–Crippen MR) is 87.1 cm³/mol. The lowest BCUT2D eigenvalue weighted by molar-refractivity contribution is 0.0499. The maximum atomic E-state index is 11.8. The maximum absolute atomic E-state index is 11.8. The smallest absolute Gasteiger partial charge is 0.338 e. The summed E-state index contributed by atoms with van der Waals surface area (Å²) in [5, 5.41) is 0. The third kappa shape index (κ3) is 4.62. The van der Waals surface area contributed by atoms with Gasteiger partial charge >= 0.3 is 5.97 Å². The molecule has 3 nitrogen and oxygen atoms in total. The van der Waals surface area contributed by atoms with Crippen LogP contribution in [0.15, 0.2) is 54.6 Å². The molecule has 116 valence electrons. The maximum Gasteiger partial charge on any atom is 0.338 e. The summed E-state index contributed by atoms with van der Waals surface area (Å²) in [5.41, 5.74) is 1.67. The third-order valence-electron chi connectivity index (χ3n) is 3.40. The predicted octanol–water partition coefficient (Wildman–Crippen LogP) is 4.78. The fraction of sp³-hybridized carbons (Fsp3) is 0.316. The van der Waals surface area contributed by atoms with Crippen LogP contribution in [0.25, 0.3) is 0 Å². The second-order valence-corrected chi connectivity index (χ2v) is 5.18. The Bertz CT molecular complexity index is 575. The van der Waals surface area contributed by atoms with Crippen molar-refractivity contribution in [2.24, 2.45) is 0 Å². The van der Waals surface area contributed by atoms with Gasteiger partial charge in [0.15, 0.2) is 0 Å². The van der Waals surface area contributed by atoms with Crippen molar-refractivity contribution < 1.29 is 14.3 Å². The topological polar surface area (TPSA) is 35.5 Å². The molecule has 0 spiro atoms. The van der Waals surface area contributed by atoms with Crippen LogP contribution < -0.4 is 4.74 Å². The summed E-state index contributed by atoms with van der Waals surface area (Å²) in [4.78, 5) is 11.8. The molecule has 0 aliphatic rings. The van der Waals surface area contributed by atoms with Gasteiger partial charge in [0.25, 0.3) is 0 Å². The van der Waals surface area contributed by atoms with Crippen molar-refractivity contribution in [1.29, 1.82) is 0 Å². The molecular formula is C19H22O3. The molecule has 2 aromatic rings. The number of esters is 1. The van der Waals surface area contributed by atoms with Gasteiger partial charge in [0, 0.05) is 0 Å². The first kappa shape index (κ1) is 16.1. The van der Waals surface area contributed by atoms with Crippen molar-refractivity contribution in [3.8, 4) is 5.75 Å². The second-order valence-electron chi connectivity index (χ2n) is 5.18. The molecule has 0 saturated carbocycles. The zero-order valence-corrected chi connectivity index (χ0v) is 13.1. The number of carbonyl (C=O) groups excluding carboxylic acids is 1. The summed E-state index contributed by atoms with van der Waals surface area (Å²) in [6.07, 6.45) is 1.86. The third-order valence-corrected chi connectivity index (χ3v) is 3.40. The lowest BCUT2D eigenvalue weighted by Crippen LogP contribution is -2.07. The van der Waals surface area contributed by atoms with Crippen LogP contribution in [-0.4, -0.2) is 12.6 Å². The normalized spacial score (nSPS) is 11.7. The molecule has 0 heterocycles. The van der Waals surface area contributed by atoms with E-state index in [4.69, 9.17) is 9.47 Å². The first-order valence-corrected chi connectivity index (χ1v) is 7.69. The Morgan fingerprint density at radius 1 is 1.05 bits per heavy atom. The van der Waals surface area contributed by atoms with Crippen LogP contribution in [0.3, 0.4) is 0 Å². The summed E-state index contributed by atoms with van der Waals surface area (Å²) in [6, 6.07) is 17.1. The minimum Gasteiger partial charge on any atom is -0.486 e. The van der Waals surface area contributed by atoms with E-state index in [1.807, 2.05) is 37.3 Å². The first-order valence-electron chi connectivity index (χ1n) is 7.69. The van der Waals surface area contributed by atoms with E-state index in [-0.39, 0.29) is 12.1 Å². The fourth-order valence-corrected chi connectivity index (χ4v) is 2.06. The van der Waals surface area contributed by atoms with E-state index < -0.39 is 0 Å². The van der Waals surface area contributed by atoms with E-state index in [2.05, 4.69) is 6.92 Å². The first-order chi connectivity index (χ1) is 10.7. The lowest BCUT2D eigenvalue weighted by Gasteiger charge is -2.15. The van der Waals surface area contributed by atoms with Gasteiger partial charge in [0.05, 0.1) is 12.2 Å². The summed E-state index contributed by atoms with van der Waals surface area (Å²) in [6.45, 7) is 4.54. The van der Waals surface area contributed by atoms with Crippen molar-refractivity contribution >= 4 is 5.97 Å². The van der Waals surface area contributed by atoms with Crippen LogP contribution in [-0.2, 0) is 4.74 Å². The minimum absolute atomic E-state index is 0.0384. The van der Waals surface area contributed by atoms with Gasteiger partial charge in [-0.15, -0.1) is 0 Å².